The number of halogens is 1. The van der Waals surface area contributed by atoms with E-state index in [0.29, 0.717) is 36.5 Å². The molecule has 1 fully saturated rings. The minimum atomic E-state index is -0.324. The fraction of sp³-hybridized carbons (Fsp3) is 0.235. The molecular formula is C17H15FN4O2. The van der Waals surface area contributed by atoms with E-state index >= 15 is 0 Å². The van der Waals surface area contributed by atoms with Crippen LogP contribution in [0.25, 0.3) is 10.9 Å². The van der Waals surface area contributed by atoms with Gasteiger partial charge < -0.3 is 14.6 Å². The number of nitrogens with one attached hydrogen (secondary N) is 1. The molecule has 1 aliphatic rings. The van der Waals surface area contributed by atoms with Crippen molar-refractivity contribution in [2.45, 2.75) is 6.10 Å². The van der Waals surface area contributed by atoms with Gasteiger partial charge in [-0.15, -0.1) is 0 Å². The van der Waals surface area contributed by atoms with Gasteiger partial charge >= 0.3 is 0 Å². The third kappa shape index (κ3) is 2.74. The predicted octanol–water partition coefficient (Wildman–Crippen LogP) is 2.31. The summed E-state index contributed by atoms with van der Waals surface area (Å²) in [4.78, 5) is 25.8. The van der Waals surface area contributed by atoms with Crippen molar-refractivity contribution in [2.75, 3.05) is 19.7 Å². The van der Waals surface area contributed by atoms with Crippen molar-refractivity contribution >= 4 is 16.8 Å². The number of H-pyrrole nitrogens is 1. The number of carbonyl (C=O) groups excluding carboxylic acids is 1. The molecule has 7 heteroatoms. The summed E-state index contributed by atoms with van der Waals surface area (Å²) in [6, 6.07) is 6.08. The van der Waals surface area contributed by atoms with Crippen molar-refractivity contribution in [3.05, 3.63) is 60.1 Å². The van der Waals surface area contributed by atoms with Crippen LogP contribution in [0.3, 0.4) is 0 Å². The topological polar surface area (TPSA) is 71.1 Å². The highest BCUT2D eigenvalue weighted by Crippen LogP contribution is 2.23. The molecule has 0 spiro atoms. The third-order valence-corrected chi connectivity index (χ3v) is 4.08. The summed E-state index contributed by atoms with van der Waals surface area (Å²) in [5.74, 6) is -0.460. The van der Waals surface area contributed by atoms with Crippen LogP contribution in [0, 0.1) is 5.82 Å². The fourth-order valence-electron chi connectivity index (χ4n) is 2.88. The SMILES string of the molecule is O=C(c1cc2cc(F)ccc2[nH]1)N1CCOC(c2cnccn2)C1. The van der Waals surface area contributed by atoms with Crippen molar-refractivity contribution < 1.29 is 13.9 Å². The molecular weight excluding hydrogens is 311 g/mol. The molecule has 3 aromatic rings. The van der Waals surface area contributed by atoms with Crippen LogP contribution >= 0.6 is 0 Å². The number of rotatable bonds is 2. The Morgan fingerprint density at radius 2 is 2.25 bits per heavy atom. The maximum Gasteiger partial charge on any atom is 0.270 e. The zero-order valence-electron chi connectivity index (χ0n) is 12.8. The Balaban J connectivity index is 1.56. The van der Waals surface area contributed by atoms with Crippen molar-refractivity contribution in [3.63, 3.8) is 0 Å². The average molecular weight is 326 g/mol. The average Bonchev–Trinajstić information content (AvgIpc) is 3.05. The highest BCUT2D eigenvalue weighted by atomic mass is 19.1. The lowest BCUT2D eigenvalue weighted by Crippen LogP contribution is -2.42. The van der Waals surface area contributed by atoms with Gasteiger partial charge in [0.2, 0.25) is 0 Å². The maximum absolute atomic E-state index is 13.3. The van der Waals surface area contributed by atoms with Crippen LogP contribution in [-0.4, -0.2) is 45.5 Å². The van der Waals surface area contributed by atoms with Gasteiger partial charge in [-0.05, 0) is 24.3 Å². The van der Waals surface area contributed by atoms with E-state index < -0.39 is 0 Å². The minimum absolute atomic E-state index is 0.135. The quantitative estimate of drug-likeness (QED) is 0.784. The van der Waals surface area contributed by atoms with Crippen LogP contribution in [-0.2, 0) is 4.74 Å². The first-order valence-corrected chi connectivity index (χ1v) is 7.66. The Labute approximate surface area is 137 Å². The molecule has 24 heavy (non-hydrogen) atoms. The molecule has 0 radical (unpaired) electrons. The van der Waals surface area contributed by atoms with Gasteiger partial charge in [0.05, 0.1) is 25.0 Å². The molecule has 1 N–H and O–H groups in total. The number of carbonyl (C=O) groups is 1. The Bertz CT molecular complexity index is 881. The van der Waals surface area contributed by atoms with Crippen molar-refractivity contribution in [1.82, 2.24) is 19.9 Å². The second kappa shape index (κ2) is 6.01. The third-order valence-electron chi connectivity index (χ3n) is 4.08. The van der Waals surface area contributed by atoms with Gasteiger partial charge in [0.15, 0.2) is 0 Å². The number of aromatic amines is 1. The second-order valence-corrected chi connectivity index (χ2v) is 5.66. The first kappa shape index (κ1) is 14.8. The smallest absolute Gasteiger partial charge is 0.270 e. The molecule has 122 valence electrons. The lowest BCUT2D eigenvalue weighted by Gasteiger charge is -2.32. The molecule has 4 rings (SSSR count). The number of aromatic nitrogens is 3. The Kier molecular flexibility index (Phi) is 3.70. The van der Waals surface area contributed by atoms with Gasteiger partial charge in [0.25, 0.3) is 5.91 Å². The minimum Gasteiger partial charge on any atom is -0.368 e. The summed E-state index contributed by atoms with van der Waals surface area (Å²) in [5, 5.41) is 0.678. The first-order chi connectivity index (χ1) is 11.7. The number of benzene rings is 1. The summed E-state index contributed by atoms with van der Waals surface area (Å²) in [6.07, 6.45) is 4.55. The summed E-state index contributed by atoms with van der Waals surface area (Å²) in [6.45, 7) is 1.34. The Hall–Kier alpha value is -2.80. The number of morpholine rings is 1. The molecule has 2 aromatic heterocycles. The van der Waals surface area contributed by atoms with Gasteiger partial charge in [0, 0.05) is 29.8 Å². The number of amides is 1. The summed E-state index contributed by atoms with van der Waals surface area (Å²) < 4.78 is 19.0. The standard InChI is InChI=1S/C17H15FN4O2/c18-12-1-2-13-11(7-12)8-14(21-13)17(23)22-5-6-24-16(10-22)15-9-19-3-4-20-15/h1-4,7-9,16,21H,5-6,10H2. The van der Waals surface area contributed by atoms with Crippen molar-refractivity contribution in [3.8, 4) is 0 Å². The zero-order chi connectivity index (χ0) is 16.5. The van der Waals surface area contributed by atoms with E-state index in [9.17, 15) is 9.18 Å². The Morgan fingerprint density at radius 1 is 1.33 bits per heavy atom. The molecule has 0 bridgehead atoms. The molecule has 3 heterocycles. The largest absolute Gasteiger partial charge is 0.368 e. The van der Waals surface area contributed by atoms with Crippen LogP contribution in [0.1, 0.15) is 22.3 Å². The molecule has 0 saturated carbocycles. The van der Waals surface area contributed by atoms with Crippen LogP contribution in [0.4, 0.5) is 4.39 Å². The van der Waals surface area contributed by atoms with E-state index in [1.165, 1.54) is 12.1 Å². The van der Waals surface area contributed by atoms with E-state index in [1.54, 1.807) is 35.6 Å². The predicted molar refractivity (Wildman–Crippen MR) is 84.9 cm³/mol. The lowest BCUT2D eigenvalue weighted by atomic mass is 10.2. The first-order valence-electron chi connectivity index (χ1n) is 7.66. The summed E-state index contributed by atoms with van der Waals surface area (Å²) in [5.41, 5.74) is 1.88. The molecule has 6 nitrogen and oxygen atoms in total. The van der Waals surface area contributed by atoms with Crippen LogP contribution in [0.2, 0.25) is 0 Å². The normalized spacial score (nSPS) is 18.0. The summed E-state index contributed by atoms with van der Waals surface area (Å²) >= 11 is 0. The van der Waals surface area contributed by atoms with Crippen molar-refractivity contribution in [1.29, 1.82) is 0 Å². The van der Waals surface area contributed by atoms with E-state index in [4.69, 9.17) is 4.74 Å². The molecule has 1 aromatic carbocycles. The highest BCUT2D eigenvalue weighted by Gasteiger charge is 2.27. The maximum atomic E-state index is 13.3. The molecule has 1 unspecified atom stereocenters. The number of hydrogen-bond donors (Lipinski definition) is 1. The Morgan fingerprint density at radius 3 is 3.08 bits per heavy atom. The highest BCUT2D eigenvalue weighted by molar-refractivity contribution is 5.98. The summed E-state index contributed by atoms with van der Waals surface area (Å²) in [7, 11) is 0. The van der Waals surface area contributed by atoms with E-state index in [0.717, 1.165) is 5.52 Å². The van der Waals surface area contributed by atoms with E-state index in [1.807, 2.05) is 0 Å². The van der Waals surface area contributed by atoms with Crippen molar-refractivity contribution in [2.24, 2.45) is 0 Å². The second-order valence-electron chi connectivity index (χ2n) is 5.66. The number of nitrogens with zero attached hydrogens (tertiary/aromatic N) is 3. The number of fused-ring (bicyclic) bond motifs is 1. The van der Waals surface area contributed by atoms with Gasteiger partial charge in [-0.25, -0.2) is 4.39 Å². The molecule has 0 aliphatic carbocycles. The molecule has 1 amide bonds. The van der Waals surface area contributed by atoms with Gasteiger partial charge in [-0.1, -0.05) is 0 Å². The number of ether oxygens (including phenoxy) is 1. The van der Waals surface area contributed by atoms with E-state index in [2.05, 4.69) is 15.0 Å². The molecule has 1 aliphatic heterocycles. The lowest BCUT2D eigenvalue weighted by molar-refractivity contribution is -0.0250. The fourth-order valence-corrected chi connectivity index (χ4v) is 2.88. The van der Waals surface area contributed by atoms with Gasteiger partial charge in [-0.3, -0.25) is 14.8 Å². The zero-order valence-corrected chi connectivity index (χ0v) is 12.8. The van der Waals surface area contributed by atoms with Crippen LogP contribution in [0.5, 0.6) is 0 Å². The van der Waals surface area contributed by atoms with Crippen LogP contribution in [0.15, 0.2) is 42.9 Å². The number of hydrogen-bond acceptors (Lipinski definition) is 4. The van der Waals surface area contributed by atoms with Gasteiger partial charge in [-0.2, -0.15) is 0 Å². The monoisotopic (exact) mass is 326 g/mol. The van der Waals surface area contributed by atoms with E-state index in [-0.39, 0.29) is 17.8 Å². The van der Waals surface area contributed by atoms with Gasteiger partial charge in [0.1, 0.15) is 17.6 Å². The molecule has 1 saturated heterocycles. The molecule has 1 atom stereocenters. The van der Waals surface area contributed by atoms with Crippen LogP contribution < -0.4 is 0 Å².